The number of aromatic carboxylic acids is 1. The van der Waals surface area contributed by atoms with E-state index in [0.717, 1.165) is 17.7 Å². The van der Waals surface area contributed by atoms with Crippen LogP contribution in [0.1, 0.15) is 15.9 Å². The van der Waals surface area contributed by atoms with Gasteiger partial charge < -0.3 is 14.6 Å². The van der Waals surface area contributed by atoms with Crippen LogP contribution in [0.4, 0.5) is 0 Å². The van der Waals surface area contributed by atoms with Crippen molar-refractivity contribution in [2.24, 2.45) is 0 Å². The van der Waals surface area contributed by atoms with Gasteiger partial charge in [-0.3, -0.25) is 0 Å². The molecule has 0 aliphatic heterocycles. The lowest BCUT2D eigenvalue weighted by Crippen LogP contribution is -2.10. The Bertz CT molecular complexity index is 632. The Morgan fingerprint density at radius 3 is 2.41 bits per heavy atom. The van der Waals surface area contributed by atoms with Gasteiger partial charge in [-0.15, -0.1) is 6.58 Å². The van der Waals surface area contributed by atoms with Crippen LogP contribution in [0.5, 0.6) is 11.5 Å². The summed E-state index contributed by atoms with van der Waals surface area (Å²) in [6.45, 7) is 4.53. The summed E-state index contributed by atoms with van der Waals surface area (Å²) < 4.78 is 11.2. The first-order valence-corrected chi connectivity index (χ1v) is 6.98. The van der Waals surface area contributed by atoms with E-state index in [-0.39, 0.29) is 5.56 Å². The summed E-state index contributed by atoms with van der Waals surface area (Å²) in [6, 6.07) is 14.1. The number of rotatable bonds is 8. The molecule has 0 fully saturated rings. The van der Waals surface area contributed by atoms with E-state index in [1.807, 2.05) is 30.3 Å². The SMILES string of the molecule is C=CCc1ccccc1OCCOc1ccc(C(=O)O)cc1. The van der Waals surface area contributed by atoms with Crippen molar-refractivity contribution < 1.29 is 19.4 Å². The molecule has 22 heavy (non-hydrogen) atoms. The molecule has 0 atom stereocenters. The zero-order chi connectivity index (χ0) is 15.8. The summed E-state index contributed by atoms with van der Waals surface area (Å²) in [5.41, 5.74) is 1.32. The van der Waals surface area contributed by atoms with E-state index in [1.54, 1.807) is 12.1 Å². The van der Waals surface area contributed by atoms with Gasteiger partial charge in [-0.25, -0.2) is 4.79 Å². The van der Waals surface area contributed by atoms with Gasteiger partial charge in [0.1, 0.15) is 24.7 Å². The van der Waals surface area contributed by atoms with Crippen LogP contribution in [0, 0.1) is 0 Å². The highest BCUT2D eigenvalue weighted by molar-refractivity contribution is 5.87. The van der Waals surface area contributed by atoms with Crippen LogP contribution < -0.4 is 9.47 Å². The van der Waals surface area contributed by atoms with Gasteiger partial charge in [0.25, 0.3) is 0 Å². The number of hydrogen-bond acceptors (Lipinski definition) is 3. The first kappa shape index (κ1) is 15.6. The van der Waals surface area contributed by atoms with Crippen molar-refractivity contribution in [1.82, 2.24) is 0 Å². The highest BCUT2D eigenvalue weighted by atomic mass is 16.5. The fraction of sp³-hybridized carbons (Fsp3) is 0.167. The molecule has 0 aliphatic rings. The van der Waals surface area contributed by atoms with E-state index >= 15 is 0 Å². The Kier molecular flexibility index (Phi) is 5.60. The lowest BCUT2D eigenvalue weighted by atomic mass is 10.1. The molecule has 0 spiro atoms. The largest absolute Gasteiger partial charge is 0.490 e. The van der Waals surface area contributed by atoms with Crippen LogP contribution in [-0.4, -0.2) is 24.3 Å². The summed E-state index contributed by atoms with van der Waals surface area (Å²) in [4.78, 5) is 10.7. The Morgan fingerprint density at radius 2 is 1.73 bits per heavy atom. The van der Waals surface area contributed by atoms with E-state index in [2.05, 4.69) is 6.58 Å². The van der Waals surface area contributed by atoms with E-state index in [1.165, 1.54) is 12.1 Å². The standard InChI is InChI=1S/C18H18O4/c1-2-5-14-6-3-4-7-17(14)22-13-12-21-16-10-8-15(9-11-16)18(19)20/h2-4,6-11H,1,5,12-13H2,(H,19,20). The molecule has 114 valence electrons. The number of allylic oxidation sites excluding steroid dienone is 1. The minimum absolute atomic E-state index is 0.238. The zero-order valence-electron chi connectivity index (χ0n) is 12.2. The average Bonchev–Trinajstić information content (AvgIpc) is 2.53. The number of carbonyl (C=O) groups is 1. The Labute approximate surface area is 129 Å². The third kappa shape index (κ3) is 4.38. The van der Waals surface area contributed by atoms with Gasteiger partial charge in [-0.1, -0.05) is 24.3 Å². The molecule has 0 bridgehead atoms. The zero-order valence-corrected chi connectivity index (χ0v) is 12.2. The fourth-order valence-electron chi connectivity index (χ4n) is 1.97. The summed E-state index contributed by atoms with van der Waals surface area (Å²) in [5, 5.41) is 8.82. The van der Waals surface area contributed by atoms with E-state index in [4.69, 9.17) is 14.6 Å². The smallest absolute Gasteiger partial charge is 0.335 e. The van der Waals surface area contributed by atoms with Gasteiger partial charge in [0.05, 0.1) is 5.56 Å². The number of hydrogen-bond donors (Lipinski definition) is 1. The molecule has 0 saturated heterocycles. The van der Waals surface area contributed by atoms with Crippen LogP contribution in [0.15, 0.2) is 61.2 Å². The highest BCUT2D eigenvalue weighted by Crippen LogP contribution is 2.19. The van der Waals surface area contributed by atoms with Crippen LogP contribution in [-0.2, 0) is 6.42 Å². The number of ether oxygens (including phenoxy) is 2. The maximum absolute atomic E-state index is 10.7. The minimum atomic E-state index is -0.950. The van der Waals surface area contributed by atoms with E-state index in [0.29, 0.717) is 19.0 Å². The number of benzene rings is 2. The van der Waals surface area contributed by atoms with Crippen molar-refractivity contribution >= 4 is 5.97 Å². The minimum Gasteiger partial charge on any atom is -0.490 e. The average molecular weight is 298 g/mol. The number of para-hydroxylation sites is 1. The quantitative estimate of drug-likeness (QED) is 0.598. The third-order valence-corrected chi connectivity index (χ3v) is 3.05. The molecule has 1 N–H and O–H groups in total. The molecular formula is C18H18O4. The Hall–Kier alpha value is -2.75. The second kappa shape index (κ2) is 7.88. The van der Waals surface area contributed by atoms with Gasteiger partial charge >= 0.3 is 5.97 Å². The van der Waals surface area contributed by atoms with Crippen LogP contribution in [0.2, 0.25) is 0 Å². The Morgan fingerprint density at radius 1 is 1.05 bits per heavy atom. The van der Waals surface area contributed by atoms with Crippen molar-refractivity contribution in [2.45, 2.75) is 6.42 Å². The van der Waals surface area contributed by atoms with E-state index in [9.17, 15) is 4.79 Å². The Balaban J connectivity index is 1.82. The van der Waals surface area contributed by atoms with E-state index < -0.39 is 5.97 Å². The molecule has 2 aromatic rings. The normalized spacial score (nSPS) is 10.0. The van der Waals surface area contributed by atoms with Gasteiger partial charge in [-0.2, -0.15) is 0 Å². The van der Waals surface area contributed by atoms with Crippen molar-refractivity contribution in [3.8, 4) is 11.5 Å². The molecule has 2 rings (SSSR count). The van der Waals surface area contributed by atoms with Crippen molar-refractivity contribution in [3.63, 3.8) is 0 Å². The number of carboxylic acids is 1. The molecule has 4 nitrogen and oxygen atoms in total. The fourth-order valence-corrected chi connectivity index (χ4v) is 1.97. The maximum Gasteiger partial charge on any atom is 0.335 e. The molecular weight excluding hydrogens is 280 g/mol. The molecule has 0 saturated carbocycles. The van der Waals surface area contributed by atoms with Crippen molar-refractivity contribution in [3.05, 3.63) is 72.3 Å². The molecule has 0 heterocycles. The molecule has 0 radical (unpaired) electrons. The van der Waals surface area contributed by atoms with Crippen molar-refractivity contribution in [1.29, 1.82) is 0 Å². The van der Waals surface area contributed by atoms with Gasteiger partial charge in [0.15, 0.2) is 0 Å². The van der Waals surface area contributed by atoms with Crippen LogP contribution in [0.3, 0.4) is 0 Å². The third-order valence-electron chi connectivity index (χ3n) is 3.05. The second-order valence-corrected chi connectivity index (χ2v) is 4.63. The lowest BCUT2D eigenvalue weighted by Gasteiger charge is -2.11. The molecule has 0 aliphatic carbocycles. The van der Waals surface area contributed by atoms with Crippen LogP contribution >= 0.6 is 0 Å². The summed E-state index contributed by atoms with van der Waals surface area (Å²) in [6.07, 6.45) is 2.59. The van der Waals surface area contributed by atoms with Gasteiger partial charge in [0.2, 0.25) is 0 Å². The molecule has 4 heteroatoms. The predicted octanol–water partition coefficient (Wildman–Crippen LogP) is 3.57. The topological polar surface area (TPSA) is 55.8 Å². The van der Waals surface area contributed by atoms with Gasteiger partial charge in [-0.05, 0) is 42.3 Å². The first-order chi connectivity index (χ1) is 10.7. The summed E-state index contributed by atoms with van der Waals surface area (Å²) in [7, 11) is 0. The molecule has 2 aromatic carbocycles. The van der Waals surface area contributed by atoms with Gasteiger partial charge in [0, 0.05) is 0 Å². The number of carboxylic acid groups (broad SMARTS) is 1. The summed E-state index contributed by atoms with van der Waals surface area (Å²) >= 11 is 0. The molecule has 0 amide bonds. The van der Waals surface area contributed by atoms with Crippen LogP contribution in [0.25, 0.3) is 0 Å². The highest BCUT2D eigenvalue weighted by Gasteiger charge is 2.03. The first-order valence-electron chi connectivity index (χ1n) is 6.98. The monoisotopic (exact) mass is 298 g/mol. The lowest BCUT2D eigenvalue weighted by molar-refractivity contribution is 0.0697. The summed E-state index contributed by atoms with van der Waals surface area (Å²) in [5.74, 6) is 0.494. The molecule has 0 aromatic heterocycles. The predicted molar refractivity (Wildman–Crippen MR) is 84.7 cm³/mol. The van der Waals surface area contributed by atoms with Crippen molar-refractivity contribution in [2.75, 3.05) is 13.2 Å². The molecule has 0 unspecified atom stereocenters. The maximum atomic E-state index is 10.7. The second-order valence-electron chi connectivity index (χ2n) is 4.63.